The number of nitrogens with zero attached hydrogens (tertiary/aromatic N) is 2. The standard InChI is InChI=1S/C27H38N2O2/c1-26-13-11-20(30)16-19(26)6-7-21-22-8-9-24(27(22,2)14-12-23(21)26)25(29-31)10-5-18-4-3-15-28-17-18/h3-4,6,15,17,20-24,30-31H,5,7-14,16H2,1-2H3/b29-25+/t20-,21-,22-,23-,24+,26-,27-/m0/s1. The molecule has 1 aromatic heterocycles. The zero-order valence-corrected chi connectivity index (χ0v) is 19.1. The maximum atomic E-state index is 10.2. The van der Waals surface area contributed by atoms with Gasteiger partial charge in [-0.15, -0.1) is 0 Å². The molecule has 0 spiro atoms. The third-order valence-electron chi connectivity index (χ3n) is 10.0. The summed E-state index contributed by atoms with van der Waals surface area (Å²) in [6.07, 6.45) is 16.9. The van der Waals surface area contributed by atoms with Crippen molar-refractivity contribution in [2.24, 2.45) is 39.7 Å². The van der Waals surface area contributed by atoms with Crippen molar-refractivity contribution in [2.45, 2.75) is 84.2 Å². The van der Waals surface area contributed by atoms with E-state index in [-0.39, 0.29) is 16.9 Å². The summed E-state index contributed by atoms with van der Waals surface area (Å²) < 4.78 is 0. The summed E-state index contributed by atoms with van der Waals surface area (Å²) >= 11 is 0. The smallest absolute Gasteiger partial charge is 0.0610 e. The van der Waals surface area contributed by atoms with Crippen LogP contribution in [0, 0.1) is 34.5 Å². The lowest BCUT2D eigenvalue weighted by Gasteiger charge is -2.58. The Morgan fingerprint density at radius 2 is 2.03 bits per heavy atom. The van der Waals surface area contributed by atoms with Crippen LogP contribution in [0.3, 0.4) is 0 Å². The van der Waals surface area contributed by atoms with Crippen LogP contribution in [-0.2, 0) is 6.42 Å². The van der Waals surface area contributed by atoms with Gasteiger partial charge in [0.05, 0.1) is 11.8 Å². The molecule has 0 aromatic carbocycles. The third kappa shape index (κ3) is 3.46. The summed E-state index contributed by atoms with van der Waals surface area (Å²) in [4.78, 5) is 4.23. The molecular formula is C27H38N2O2. The first-order chi connectivity index (χ1) is 15.0. The van der Waals surface area contributed by atoms with Gasteiger partial charge in [0.15, 0.2) is 0 Å². The molecule has 4 aliphatic rings. The Morgan fingerprint density at radius 3 is 2.81 bits per heavy atom. The highest BCUT2D eigenvalue weighted by Gasteiger charge is 2.59. The molecule has 1 aromatic rings. The number of hydrogen-bond acceptors (Lipinski definition) is 4. The molecule has 4 nitrogen and oxygen atoms in total. The minimum Gasteiger partial charge on any atom is -0.411 e. The SMILES string of the molecule is C[C@]12CC[C@H]3[C@@H](CC=C4C[C@@H](O)CC[C@@]43C)[C@@H]1CC[C@@H]2/C(CCc1cccnc1)=N/O. The van der Waals surface area contributed by atoms with E-state index in [0.717, 1.165) is 56.1 Å². The first-order valence-electron chi connectivity index (χ1n) is 12.4. The predicted molar refractivity (Wildman–Crippen MR) is 123 cm³/mol. The highest BCUT2D eigenvalue weighted by atomic mass is 16.4. The van der Waals surface area contributed by atoms with Gasteiger partial charge in [0.1, 0.15) is 0 Å². The Morgan fingerprint density at radius 1 is 1.16 bits per heavy atom. The van der Waals surface area contributed by atoms with Crippen LogP contribution in [0.2, 0.25) is 0 Å². The third-order valence-corrected chi connectivity index (χ3v) is 10.0. The summed E-state index contributed by atoms with van der Waals surface area (Å²) in [7, 11) is 0. The Bertz CT molecular complexity index is 865. The maximum Gasteiger partial charge on any atom is 0.0610 e. The number of fused-ring (bicyclic) bond motifs is 5. The van der Waals surface area contributed by atoms with Crippen molar-refractivity contribution < 1.29 is 10.3 Å². The first-order valence-corrected chi connectivity index (χ1v) is 12.4. The van der Waals surface area contributed by atoms with E-state index in [1.807, 2.05) is 18.5 Å². The predicted octanol–water partition coefficient (Wildman–Crippen LogP) is 5.78. The van der Waals surface area contributed by atoms with Crippen molar-refractivity contribution in [1.82, 2.24) is 4.98 Å². The van der Waals surface area contributed by atoms with Crippen LogP contribution in [0.25, 0.3) is 0 Å². The van der Waals surface area contributed by atoms with Crippen molar-refractivity contribution in [3.05, 3.63) is 41.7 Å². The molecule has 5 rings (SSSR count). The zero-order chi connectivity index (χ0) is 21.6. The number of rotatable bonds is 4. The molecule has 3 saturated carbocycles. The lowest BCUT2D eigenvalue weighted by molar-refractivity contribution is -0.0426. The van der Waals surface area contributed by atoms with Crippen LogP contribution in [-0.4, -0.2) is 27.1 Å². The monoisotopic (exact) mass is 422 g/mol. The lowest BCUT2D eigenvalue weighted by Crippen LogP contribution is -2.51. The van der Waals surface area contributed by atoms with Crippen molar-refractivity contribution >= 4 is 5.71 Å². The highest BCUT2D eigenvalue weighted by Crippen LogP contribution is 2.66. The quantitative estimate of drug-likeness (QED) is 0.280. The first kappa shape index (κ1) is 21.2. The molecule has 2 N–H and O–H groups in total. The van der Waals surface area contributed by atoms with Gasteiger partial charge in [-0.2, -0.15) is 0 Å². The number of aliphatic hydroxyl groups is 1. The summed E-state index contributed by atoms with van der Waals surface area (Å²) in [6, 6.07) is 4.09. The van der Waals surface area contributed by atoms with E-state index in [1.54, 1.807) is 5.57 Å². The van der Waals surface area contributed by atoms with Gasteiger partial charge < -0.3 is 10.3 Å². The van der Waals surface area contributed by atoms with E-state index in [1.165, 1.54) is 31.2 Å². The Balaban J connectivity index is 1.35. The van der Waals surface area contributed by atoms with Crippen LogP contribution in [0.5, 0.6) is 0 Å². The topological polar surface area (TPSA) is 65.7 Å². The molecule has 0 saturated heterocycles. The van der Waals surface area contributed by atoms with Gasteiger partial charge in [0.2, 0.25) is 0 Å². The van der Waals surface area contributed by atoms with Gasteiger partial charge in [-0.3, -0.25) is 4.98 Å². The summed E-state index contributed by atoms with van der Waals surface area (Å²) in [5.74, 6) is 2.60. The number of hydrogen-bond donors (Lipinski definition) is 2. The molecule has 0 unspecified atom stereocenters. The molecule has 1 heterocycles. The summed E-state index contributed by atoms with van der Waals surface area (Å²) in [6.45, 7) is 4.98. The van der Waals surface area contributed by atoms with Crippen molar-refractivity contribution in [3.8, 4) is 0 Å². The molecule has 4 aliphatic carbocycles. The molecule has 0 radical (unpaired) electrons. The van der Waals surface area contributed by atoms with E-state index in [2.05, 4.69) is 36.1 Å². The van der Waals surface area contributed by atoms with Gasteiger partial charge in [0.25, 0.3) is 0 Å². The summed E-state index contributed by atoms with van der Waals surface area (Å²) in [5, 5.41) is 24.1. The minimum atomic E-state index is -0.135. The highest BCUT2D eigenvalue weighted by molar-refractivity contribution is 5.87. The van der Waals surface area contributed by atoms with Crippen LogP contribution < -0.4 is 0 Å². The van der Waals surface area contributed by atoms with Gasteiger partial charge in [-0.05, 0) is 104 Å². The fourth-order valence-electron chi connectivity index (χ4n) is 8.30. The number of oxime groups is 1. The zero-order valence-electron chi connectivity index (χ0n) is 19.1. The molecule has 168 valence electrons. The molecule has 0 aliphatic heterocycles. The van der Waals surface area contributed by atoms with E-state index in [9.17, 15) is 10.3 Å². The number of aromatic nitrogens is 1. The number of aryl methyl sites for hydroxylation is 1. The Kier molecular flexibility index (Phi) is 5.48. The molecule has 3 fully saturated rings. The lowest BCUT2D eigenvalue weighted by atomic mass is 9.47. The van der Waals surface area contributed by atoms with Crippen LogP contribution in [0.1, 0.15) is 77.2 Å². The van der Waals surface area contributed by atoms with Gasteiger partial charge in [-0.25, -0.2) is 0 Å². The van der Waals surface area contributed by atoms with Crippen LogP contribution >= 0.6 is 0 Å². The Hall–Kier alpha value is -1.68. The van der Waals surface area contributed by atoms with E-state index in [4.69, 9.17) is 0 Å². The fourth-order valence-corrected chi connectivity index (χ4v) is 8.30. The molecule has 7 atom stereocenters. The molecule has 0 bridgehead atoms. The second kappa shape index (κ2) is 8.03. The average Bonchev–Trinajstić information content (AvgIpc) is 3.13. The van der Waals surface area contributed by atoms with E-state index in [0.29, 0.717) is 11.8 Å². The Labute approximate surface area is 186 Å². The molecule has 31 heavy (non-hydrogen) atoms. The second-order valence-electron chi connectivity index (χ2n) is 11.3. The maximum absolute atomic E-state index is 10.2. The van der Waals surface area contributed by atoms with Gasteiger partial charge in [0, 0.05) is 18.3 Å². The summed E-state index contributed by atoms with van der Waals surface area (Å²) in [5.41, 5.74) is 4.29. The average molecular weight is 423 g/mol. The van der Waals surface area contributed by atoms with Crippen LogP contribution in [0.4, 0.5) is 0 Å². The van der Waals surface area contributed by atoms with E-state index >= 15 is 0 Å². The number of aliphatic hydroxyl groups excluding tert-OH is 1. The molecule has 4 heteroatoms. The van der Waals surface area contributed by atoms with Crippen LogP contribution in [0.15, 0.2) is 41.3 Å². The van der Waals surface area contributed by atoms with E-state index < -0.39 is 0 Å². The van der Waals surface area contributed by atoms with Crippen molar-refractivity contribution in [1.29, 1.82) is 0 Å². The second-order valence-corrected chi connectivity index (χ2v) is 11.3. The van der Waals surface area contributed by atoms with Gasteiger partial charge in [-0.1, -0.05) is 36.7 Å². The minimum absolute atomic E-state index is 0.135. The number of allylic oxidation sites excluding steroid dienone is 1. The van der Waals surface area contributed by atoms with Crippen molar-refractivity contribution in [3.63, 3.8) is 0 Å². The normalized spacial score (nSPS) is 42.4. The van der Waals surface area contributed by atoms with Crippen molar-refractivity contribution in [2.75, 3.05) is 0 Å². The molecule has 0 amide bonds. The van der Waals surface area contributed by atoms with Gasteiger partial charge >= 0.3 is 0 Å². The number of pyridine rings is 1. The molecular weight excluding hydrogens is 384 g/mol. The fraction of sp³-hybridized carbons (Fsp3) is 0.704. The largest absolute Gasteiger partial charge is 0.411 e.